The molecule has 156 valence electrons. The normalized spacial score (nSPS) is 29.6. The Morgan fingerprint density at radius 2 is 1.33 bits per heavy atom. The second-order valence-corrected chi connectivity index (χ2v) is 10.5. The van der Waals surface area contributed by atoms with Gasteiger partial charge < -0.3 is 9.80 Å². The highest BCUT2D eigenvalue weighted by Crippen LogP contribution is 2.36. The van der Waals surface area contributed by atoms with Gasteiger partial charge >= 0.3 is 0 Å². The highest BCUT2D eigenvalue weighted by molar-refractivity contribution is 5.78. The van der Waals surface area contributed by atoms with Gasteiger partial charge in [0, 0.05) is 25.0 Å². The first-order valence-corrected chi connectivity index (χ1v) is 12.0. The molecule has 3 nitrogen and oxygen atoms in total. The maximum atomic E-state index is 12.2. The molecule has 1 saturated carbocycles. The smallest absolute Gasteiger partial charge is 0.225 e. The minimum atomic E-state index is 0.155. The Kier molecular flexibility index (Phi) is 7.65. The first-order valence-electron chi connectivity index (χ1n) is 12.0. The lowest BCUT2D eigenvalue weighted by Crippen LogP contribution is -2.44. The summed E-state index contributed by atoms with van der Waals surface area (Å²) in [7, 11) is 0. The fourth-order valence-electron chi connectivity index (χ4n) is 5.92. The van der Waals surface area contributed by atoms with E-state index in [-0.39, 0.29) is 5.92 Å². The van der Waals surface area contributed by atoms with Crippen molar-refractivity contribution in [1.29, 1.82) is 0 Å². The van der Waals surface area contributed by atoms with Crippen molar-refractivity contribution in [3.63, 3.8) is 0 Å². The Morgan fingerprint density at radius 3 is 1.85 bits per heavy atom. The number of amides is 1. The summed E-state index contributed by atoms with van der Waals surface area (Å²) in [5.41, 5.74) is 0. The van der Waals surface area contributed by atoms with E-state index >= 15 is 0 Å². The molecule has 0 bridgehead atoms. The average molecular weight is 377 g/mol. The summed E-state index contributed by atoms with van der Waals surface area (Å²) in [6.45, 7) is 13.5. The molecule has 1 amide bonds. The van der Waals surface area contributed by atoms with Crippen LogP contribution in [0.4, 0.5) is 0 Å². The van der Waals surface area contributed by atoms with Crippen LogP contribution in [0, 0.1) is 29.6 Å². The number of carbonyl (C=O) groups excluding carboxylic acids is 1. The molecule has 2 saturated heterocycles. The van der Waals surface area contributed by atoms with E-state index in [0.717, 1.165) is 42.8 Å². The standard InChI is InChI=1S/C24H44N2O/c1-18(2)22-11-15-25(16-12-22)23-7-5-20(6-8-23)17-21-9-13-26(14-10-21)24(27)19(3)4/h18-23H,5-17H2,1-4H3/t20-,23-. The van der Waals surface area contributed by atoms with E-state index in [0.29, 0.717) is 5.91 Å². The number of likely N-dealkylation sites (tertiary alicyclic amines) is 2. The number of nitrogens with zero attached hydrogens (tertiary/aromatic N) is 2. The third kappa shape index (κ3) is 5.71. The maximum absolute atomic E-state index is 12.2. The van der Waals surface area contributed by atoms with Crippen LogP contribution < -0.4 is 0 Å². The molecule has 3 aliphatic rings. The molecule has 0 radical (unpaired) electrons. The monoisotopic (exact) mass is 376 g/mol. The number of piperidine rings is 2. The molecular formula is C24H44N2O. The Hall–Kier alpha value is -0.570. The summed E-state index contributed by atoms with van der Waals surface area (Å²) in [4.78, 5) is 17.1. The number of rotatable bonds is 5. The summed E-state index contributed by atoms with van der Waals surface area (Å²) in [6.07, 6.45) is 12.5. The second kappa shape index (κ2) is 9.76. The molecule has 0 atom stereocenters. The molecule has 3 fully saturated rings. The lowest BCUT2D eigenvalue weighted by atomic mass is 9.77. The fourth-order valence-corrected chi connectivity index (χ4v) is 5.92. The molecule has 0 aromatic heterocycles. The summed E-state index contributed by atoms with van der Waals surface area (Å²) in [6, 6.07) is 0.875. The average Bonchev–Trinajstić information content (AvgIpc) is 2.68. The van der Waals surface area contributed by atoms with Gasteiger partial charge in [0.2, 0.25) is 5.91 Å². The Bertz CT molecular complexity index is 451. The lowest BCUT2D eigenvalue weighted by Gasteiger charge is -2.42. The third-order valence-corrected chi connectivity index (χ3v) is 7.94. The lowest BCUT2D eigenvalue weighted by molar-refractivity contribution is -0.135. The minimum absolute atomic E-state index is 0.155. The van der Waals surface area contributed by atoms with Crippen LogP contribution in [-0.4, -0.2) is 47.9 Å². The molecule has 3 rings (SSSR count). The molecule has 2 aliphatic heterocycles. The Labute approximate surface area is 168 Å². The van der Waals surface area contributed by atoms with Crippen molar-refractivity contribution in [2.24, 2.45) is 29.6 Å². The van der Waals surface area contributed by atoms with Gasteiger partial charge in [-0.1, -0.05) is 27.7 Å². The highest BCUT2D eigenvalue weighted by Gasteiger charge is 2.31. The van der Waals surface area contributed by atoms with Crippen LogP contribution in [-0.2, 0) is 4.79 Å². The molecule has 0 unspecified atom stereocenters. The quantitative estimate of drug-likeness (QED) is 0.658. The zero-order valence-electron chi connectivity index (χ0n) is 18.5. The SMILES string of the molecule is CC(C)C(=O)N1CCC(C[C@H]2CC[C@H](N3CCC(C(C)C)CC3)CC2)CC1. The van der Waals surface area contributed by atoms with E-state index in [9.17, 15) is 4.79 Å². The molecule has 0 N–H and O–H groups in total. The molecular weight excluding hydrogens is 332 g/mol. The molecule has 2 heterocycles. The molecule has 27 heavy (non-hydrogen) atoms. The van der Waals surface area contributed by atoms with E-state index in [4.69, 9.17) is 0 Å². The second-order valence-electron chi connectivity index (χ2n) is 10.5. The minimum Gasteiger partial charge on any atom is -0.342 e. The third-order valence-electron chi connectivity index (χ3n) is 7.94. The van der Waals surface area contributed by atoms with Crippen LogP contribution in [0.25, 0.3) is 0 Å². The predicted molar refractivity (Wildman–Crippen MR) is 114 cm³/mol. The van der Waals surface area contributed by atoms with Gasteiger partial charge in [-0.25, -0.2) is 0 Å². The van der Waals surface area contributed by atoms with Crippen LogP contribution in [0.5, 0.6) is 0 Å². The van der Waals surface area contributed by atoms with Crippen molar-refractivity contribution >= 4 is 5.91 Å². The van der Waals surface area contributed by atoms with Gasteiger partial charge in [-0.2, -0.15) is 0 Å². The summed E-state index contributed by atoms with van der Waals surface area (Å²) in [5.74, 6) is 4.16. The van der Waals surface area contributed by atoms with Crippen molar-refractivity contribution in [2.75, 3.05) is 26.2 Å². The number of hydrogen-bond acceptors (Lipinski definition) is 2. The molecule has 0 aromatic carbocycles. The van der Waals surface area contributed by atoms with Crippen molar-refractivity contribution in [3.05, 3.63) is 0 Å². The van der Waals surface area contributed by atoms with Crippen LogP contribution in [0.3, 0.4) is 0 Å². The largest absolute Gasteiger partial charge is 0.342 e. The van der Waals surface area contributed by atoms with Crippen molar-refractivity contribution in [1.82, 2.24) is 9.80 Å². The van der Waals surface area contributed by atoms with Crippen LogP contribution in [0.1, 0.15) is 85.5 Å². The molecule has 0 spiro atoms. The van der Waals surface area contributed by atoms with Crippen LogP contribution >= 0.6 is 0 Å². The molecule has 1 aliphatic carbocycles. The highest BCUT2D eigenvalue weighted by atomic mass is 16.2. The van der Waals surface area contributed by atoms with E-state index in [1.807, 2.05) is 13.8 Å². The van der Waals surface area contributed by atoms with Gasteiger partial charge in [-0.3, -0.25) is 4.79 Å². The number of carbonyl (C=O) groups is 1. The predicted octanol–water partition coefficient (Wildman–Crippen LogP) is 5.20. The maximum Gasteiger partial charge on any atom is 0.225 e. The zero-order chi connectivity index (χ0) is 19.4. The van der Waals surface area contributed by atoms with Gasteiger partial charge in [0.05, 0.1) is 0 Å². The van der Waals surface area contributed by atoms with Crippen LogP contribution in [0.15, 0.2) is 0 Å². The van der Waals surface area contributed by atoms with Gasteiger partial charge in [-0.05, 0) is 94.5 Å². The Morgan fingerprint density at radius 1 is 0.778 bits per heavy atom. The van der Waals surface area contributed by atoms with Gasteiger partial charge in [-0.15, -0.1) is 0 Å². The van der Waals surface area contributed by atoms with E-state index in [1.165, 1.54) is 70.9 Å². The van der Waals surface area contributed by atoms with Crippen molar-refractivity contribution < 1.29 is 4.79 Å². The van der Waals surface area contributed by atoms with E-state index < -0.39 is 0 Å². The first kappa shape index (κ1) is 21.1. The summed E-state index contributed by atoms with van der Waals surface area (Å²) >= 11 is 0. The summed E-state index contributed by atoms with van der Waals surface area (Å²) < 4.78 is 0. The van der Waals surface area contributed by atoms with Crippen molar-refractivity contribution in [3.8, 4) is 0 Å². The van der Waals surface area contributed by atoms with Gasteiger partial charge in [0.15, 0.2) is 0 Å². The molecule has 0 aromatic rings. The van der Waals surface area contributed by atoms with Crippen molar-refractivity contribution in [2.45, 2.75) is 91.5 Å². The van der Waals surface area contributed by atoms with Crippen LogP contribution in [0.2, 0.25) is 0 Å². The van der Waals surface area contributed by atoms with Gasteiger partial charge in [0.25, 0.3) is 0 Å². The summed E-state index contributed by atoms with van der Waals surface area (Å²) in [5, 5.41) is 0. The topological polar surface area (TPSA) is 23.6 Å². The molecule has 3 heteroatoms. The van der Waals surface area contributed by atoms with E-state index in [2.05, 4.69) is 23.6 Å². The first-order chi connectivity index (χ1) is 12.9. The van der Waals surface area contributed by atoms with Gasteiger partial charge in [0.1, 0.15) is 0 Å². The van der Waals surface area contributed by atoms with E-state index in [1.54, 1.807) is 0 Å². The zero-order valence-corrected chi connectivity index (χ0v) is 18.5. The number of hydrogen-bond donors (Lipinski definition) is 0. The fraction of sp³-hybridized carbons (Fsp3) is 0.958. The Balaban J connectivity index is 1.34.